The maximum atomic E-state index is 4.35. The average Bonchev–Trinajstić information content (AvgIpc) is 2.87. The molecule has 1 unspecified atom stereocenters. The Labute approximate surface area is 128 Å². The Morgan fingerprint density at radius 2 is 1.75 bits per heavy atom. The Kier molecular flexibility index (Phi) is 7.67. The van der Waals surface area contributed by atoms with Crippen LogP contribution in [0.1, 0.15) is 89.3 Å². The van der Waals surface area contributed by atoms with Gasteiger partial charge in [0.25, 0.3) is 0 Å². The molecule has 0 saturated carbocycles. The van der Waals surface area contributed by atoms with Crippen LogP contribution < -0.4 is 5.32 Å². The molecule has 1 rings (SSSR count). The summed E-state index contributed by atoms with van der Waals surface area (Å²) in [6.07, 6.45) is 9.28. The largest absolute Gasteiger partial charge is 0.312 e. The van der Waals surface area contributed by atoms with Gasteiger partial charge in [0, 0.05) is 11.5 Å². The molecule has 1 N–H and O–H groups in total. The standard InChI is InChI=1S/C16H31N3S/c1-6-7-8-9-10-11-12-13(17-5)14-15(16(2,3)4)18-19-20-14/h13,17H,6-12H2,1-5H3. The molecule has 1 aromatic heterocycles. The lowest BCUT2D eigenvalue weighted by Gasteiger charge is -2.21. The quantitative estimate of drug-likeness (QED) is 0.662. The molecule has 0 aliphatic carbocycles. The number of hydrogen-bond donors (Lipinski definition) is 1. The topological polar surface area (TPSA) is 37.8 Å². The van der Waals surface area contributed by atoms with E-state index in [9.17, 15) is 0 Å². The van der Waals surface area contributed by atoms with E-state index >= 15 is 0 Å². The summed E-state index contributed by atoms with van der Waals surface area (Å²) in [4.78, 5) is 1.33. The molecule has 0 saturated heterocycles. The molecule has 3 nitrogen and oxygen atoms in total. The summed E-state index contributed by atoms with van der Waals surface area (Å²) in [7, 11) is 2.05. The first-order valence-electron chi connectivity index (χ1n) is 8.00. The van der Waals surface area contributed by atoms with Crippen LogP contribution in [0.2, 0.25) is 0 Å². The van der Waals surface area contributed by atoms with E-state index < -0.39 is 0 Å². The number of hydrogen-bond acceptors (Lipinski definition) is 4. The number of nitrogens with zero attached hydrogens (tertiary/aromatic N) is 2. The van der Waals surface area contributed by atoms with Crippen molar-refractivity contribution in [1.29, 1.82) is 0 Å². The van der Waals surface area contributed by atoms with Gasteiger partial charge in [-0.1, -0.05) is 70.7 Å². The molecule has 1 aromatic rings. The summed E-state index contributed by atoms with van der Waals surface area (Å²) in [5, 5.41) is 7.80. The second-order valence-corrected chi connectivity index (χ2v) is 7.42. The van der Waals surface area contributed by atoms with Crippen LogP contribution in [-0.2, 0) is 5.41 Å². The second-order valence-electron chi connectivity index (χ2n) is 6.63. The fourth-order valence-electron chi connectivity index (χ4n) is 2.48. The van der Waals surface area contributed by atoms with Crippen LogP contribution in [0.15, 0.2) is 0 Å². The molecule has 1 heterocycles. The number of nitrogens with one attached hydrogen (secondary N) is 1. The van der Waals surface area contributed by atoms with Crippen molar-refractivity contribution in [3.05, 3.63) is 10.6 Å². The highest BCUT2D eigenvalue weighted by Gasteiger charge is 2.26. The zero-order valence-corrected chi connectivity index (χ0v) is 14.6. The van der Waals surface area contributed by atoms with E-state index in [1.54, 1.807) is 11.5 Å². The van der Waals surface area contributed by atoms with E-state index in [2.05, 4.69) is 42.6 Å². The monoisotopic (exact) mass is 297 g/mol. The fourth-order valence-corrected chi connectivity index (χ4v) is 3.49. The lowest BCUT2D eigenvalue weighted by molar-refractivity contribution is 0.484. The molecular formula is C16H31N3S. The number of rotatable bonds is 9. The molecule has 116 valence electrons. The van der Waals surface area contributed by atoms with E-state index in [1.165, 1.54) is 49.8 Å². The zero-order valence-electron chi connectivity index (χ0n) is 13.8. The smallest absolute Gasteiger partial charge is 0.0857 e. The Balaban J connectivity index is 2.48. The predicted molar refractivity (Wildman–Crippen MR) is 88.4 cm³/mol. The molecule has 0 fully saturated rings. The lowest BCUT2D eigenvalue weighted by Crippen LogP contribution is -2.21. The summed E-state index contributed by atoms with van der Waals surface area (Å²) in [5.74, 6) is 0. The molecule has 0 aliphatic rings. The number of aromatic nitrogens is 2. The second kappa shape index (κ2) is 8.73. The third-order valence-electron chi connectivity index (χ3n) is 3.74. The minimum absolute atomic E-state index is 0.0819. The zero-order chi connectivity index (χ0) is 15.0. The maximum absolute atomic E-state index is 4.35. The molecule has 0 aromatic carbocycles. The molecule has 0 radical (unpaired) electrons. The first-order chi connectivity index (χ1) is 9.50. The van der Waals surface area contributed by atoms with Crippen LogP contribution in [0.25, 0.3) is 0 Å². The van der Waals surface area contributed by atoms with Gasteiger partial charge < -0.3 is 5.32 Å². The van der Waals surface area contributed by atoms with Gasteiger partial charge in [0.2, 0.25) is 0 Å². The molecule has 0 amide bonds. The molecule has 20 heavy (non-hydrogen) atoms. The van der Waals surface area contributed by atoms with Crippen LogP contribution in [-0.4, -0.2) is 16.6 Å². The first-order valence-corrected chi connectivity index (χ1v) is 8.78. The van der Waals surface area contributed by atoms with Gasteiger partial charge in [0.05, 0.1) is 10.6 Å². The van der Waals surface area contributed by atoms with Crippen LogP contribution in [0.5, 0.6) is 0 Å². The molecule has 4 heteroatoms. The van der Waals surface area contributed by atoms with Gasteiger partial charge in [-0.15, -0.1) is 5.10 Å². The summed E-state index contributed by atoms with van der Waals surface area (Å²) in [6.45, 7) is 8.90. The van der Waals surface area contributed by atoms with Gasteiger partial charge >= 0.3 is 0 Å². The summed E-state index contributed by atoms with van der Waals surface area (Å²) >= 11 is 1.56. The summed E-state index contributed by atoms with van der Waals surface area (Å²) in [5.41, 5.74) is 1.24. The molecule has 1 atom stereocenters. The van der Waals surface area contributed by atoms with Crippen LogP contribution in [0, 0.1) is 0 Å². The Hall–Kier alpha value is -0.480. The molecule has 0 bridgehead atoms. The van der Waals surface area contributed by atoms with Crippen molar-refractivity contribution in [2.75, 3.05) is 7.05 Å². The van der Waals surface area contributed by atoms with Gasteiger partial charge in [-0.05, 0) is 25.0 Å². The van der Waals surface area contributed by atoms with E-state index in [1.807, 2.05) is 7.05 Å². The van der Waals surface area contributed by atoms with Gasteiger partial charge in [-0.2, -0.15) is 0 Å². The van der Waals surface area contributed by atoms with Crippen LogP contribution in [0.4, 0.5) is 0 Å². The minimum atomic E-state index is 0.0819. The van der Waals surface area contributed by atoms with Crippen molar-refractivity contribution in [1.82, 2.24) is 14.9 Å². The normalized spacial score (nSPS) is 13.7. The number of unbranched alkanes of at least 4 members (excludes halogenated alkanes) is 5. The fraction of sp³-hybridized carbons (Fsp3) is 0.875. The highest BCUT2D eigenvalue weighted by molar-refractivity contribution is 7.05. The van der Waals surface area contributed by atoms with Crippen molar-refractivity contribution >= 4 is 11.5 Å². The van der Waals surface area contributed by atoms with E-state index in [-0.39, 0.29) is 5.41 Å². The van der Waals surface area contributed by atoms with Crippen molar-refractivity contribution in [3.63, 3.8) is 0 Å². The third-order valence-corrected chi connectivity index (χ3v) is 4.57. The van der Waals surface area contributed by atoms with E-state index in [0.717, 1.165) is 5.69 Å². The Morgan fingerprint density at radius 3 is 2.35 bits per heavy atom. The van der Waals surface area contributed by atoms with Crippen molar-refractivity contribution in [3.8, 4) is 0 Å². The van der Waals surface area contributed by atoms with Gasteiger partial charge in [-0.3, -0.25) is 0 Å². The van der Waals surface area contributed by atoms with E-state index in [4.69, 9.17) is 0 Å². The first kappa shape index (κ1) is 17.6. The highest BCUT2D eigenvalue weighted by atomic mass is 32.1. The Bertz CT molecular complexity index is 368. The van der Waals surface area contributed by atoms with Gasteiger partial charge in [0.1, 0.15) is 0 Å². The third kappa shape index (κ3) is 5.49. The van der Waals surface area contributed by atoms with Crippen LogP contribution >= 0.6 is 11.5 Å². The van der Waals surface area contributed by atoms with Crippen molar-refractivity contribution < 1.29 is 0 Å². The molecule has 0 spiro atoms. The highest BCUT2D eigenvalue weighted by Crippen LogP contribution is 2.32. The van der Waals surface area contributed by atoms with Gasteiger partial charge in [0.15, 0.2) is 0 Å². The summed E-state index contributed by atoms with van der Waals surface area (Å²) in [6, 6.07) is 0.412. The van der Waals surface area contributed by atoms with Crippen molar-refractivity contribution in [2.24, 2.45) is 0 Å². The van der Waals surface area contributed by atoms with Crippen molar-refractivity contribution in [2.45, 2.75) is 84.1 Å². The van der Waals surface area contributed by atoms with E-state index in [0.29, 0.717) is 6.04 Å². The lowest BCUT2D eigenvalue weighted by atomic mass is 9.89. The average molecular weight is 298 g/mol. The molecule has 0 aliphatic heterocycles. The Morgan fingerprint density at radius 1 is 1.10 bits per heavy atom. The van der Waals surface area contributed by atoms with Gasteiger partial charge in [-0.25, -0.2) is 0 Å². The molecular weight excluding hydrogens is 266 g/mol. The minimum Gasteiger partial charge on any atom is -0.312 e. The SMILES string of the molecule is CCCCCCCCC(NC)c1snnc1C(C)(C)C. The summed E-state index contributed by atoms with van der Waals surface area (Å²) < 4.78 is 4.18. The van der Waals surface area contributed by atoms with Crippen LogP contribution in [0.3, 0.4) is 0 Å². The maximum Gasteiger partial charge on any atom is 0.0857 e. The predicted octanol–water partition coefficient (Wildman–Crippen LogP) is 4.85.